The maximum Gasteiger partial charge on any atom is 0.178 e. The molecule has 0 fully saturated rings. The summed E-state index contributed by atoms with van der Waals surface area (Å²) < 4.78 is 30.2. The smallest absolute Gasteiger partial charge is 0.178 e. The monoisotopic (exact) mass is 438 g/mol. The maximum absolute atomic E-state index is 10.1. The number of hydrogen-bond acceptors (Lipinski definition) is 4. The van der Waals surface area contributed by atoms with Crippen LogP contribution in [0.15, 0.2) is 0 Å². The molecule has 0 aromatic rings. The third kappa shape index (κ3) is 26.7. The molecule has 12 heteroatoms. The van der Waals surface area contributed by atoms with Gasteiger partial charge in [0, 0.05) is 0 Å². The Morgan fingerprint density at radius 1 is 0.833 bits per heavy atom. The van der Waals surface area contributed by atoms with Crippen LogP contribution in [-0.4, -0.2) is 43.9 Å². The van der Waals surface area contributed by atoms with Crippen LogP contribution in [0.2, 0.25) is 0 Å². The van der Waals surface area contributed by atoms with E-state index in [1.54, 1.807) is 0 Å². The van der Waals surface area contributed by atoms with E-state index in [0.717, 1.165) is 0 Å². The van der Waals surface area contributed by atoms with E-state index in [0.29, 0.717) is 10.4 Å². The Morgan fingerprint density at radius 2 is 1.17 bits per heavy atom. The first-order chi connectivity index (χ1) is 8.34. The minimum absolute atomic E-state index is 0.142. The molecule has 0 spiro atoms. The Morgan fingerprint density at radius 3 is 1.17 bits per heavy atom. The number of rotatable bonds is 6. The van der Waals surface area contributed by atoms with E-state index in [1.165, 1.54) is 11.8 Å². The lowest BCUT2D eigenvalue weighted by Gasteiger charge is -1.85. The summed E-state index contributed by atoms with van der Waals surface area (Å²) >= 11 is 31.8. The third-order valence-electron chi connectivity index (χ3n) is 0.730. The fraction of sp³-hybridized carbons (Fsp3) is 1.00. The van der Waals surface area contributed by atoms with Gasteiger partial charge >= 0.3 is 0 Å². The van der Waals surface area contributed by atoms with Crippen LogP contribution in [0.5, 0.6) is 0 Å². The number of alkyl halides is 6. The van der Waals surface area contributed by atoms with Gasteiger partial charge in [-0.2, -0.15) is 0 Å². The summed E-state index contributed by atoms with van der Waals surface area (Å²) in [6.07, 6.45) is 0. The molecule has 0 amide bonds. The average molecular weight is 441 g/mol. The predicted octanol–water partition coefficient (Wildman–Crippen LogP) is 4.03. The van der Waals surface area contributed by atoms with Crippen molar-refractivity contribution in [3.63, 3.8) is 0 Å². The molecule has 0 unspecified atom stereocenters. The quantitative estimate of drug-likeness (QED) is 0.585. The van der Waals surface area contributed by atoms with Crippen molar-refractivity contribution >= 4 is 102 Å². The van der Waals surface area contributed by atoms with Crippen molar-refractivity contribution in [2.75, 3.05) is 31.3 Å². The van der Waals surface area contributed by atoms with Crippen molar-refractivity contribution in [3.05, 3.63) is 0 Å². The molecule has 0 atom stereocenters. The first-order valence-electron chi connectivity index (χ1n) is 3.84. The number of sulfone groups is 1. The Hall–Kier alpha value is 2.19. The lowest BCUT2D eigenvalue weighted by molar-refractivity contribution is 0.605. The van der Waals surface area contributed by atoms with E-state index in [9.17, 15) is 12.6 Å². The highest BCUT2D eigenvalue weighted by molar-refractivity contribution is 8.01. The first-order valence-corrected chi connectivity index (χ1v) is 11.5. The molecule has 0 heterocycles. The lowest BCUT2D eigenvalue weighted by Crippen LogP contribution is -2.00. The van der Waals surface area contributed by atoms with Crippen molar-refractivity contribution in [2.45, 2.75) is 0 Å². The van der Waals surface area contributed by atoms with E-state index in [1.807, 2.05) is 0 Å². The fourth-order valence-electron chi connectivity index (χ4n) is 0.0875. The molecular weight excluding hydrogens is 429 g/mol. The van der Waals surface area contributed by atoms with Crippen LogP contribution < -0.4 is 0 Å². The van der Waals surface area contributed by atoms with Crippen molar-refractivity contribution < 1.29 is 12.6 Å². The summed E-state index contributed by atoms with van der Waals surface area (Å²) in [4.78, 5) is 0. The van der Waals surface area contributed by atoms with E-state index < -0.39 is 31.1 Å². The van der Waals surface area contributed by atoms with Gasteiger partial charge in [0.2, 0.25) is 0 Å². The zero-order valence-electron chi connectivity index (χ0n) is 8.96. The van der Waals surface area contributed by atoms with Crippen molar-refractivity contribution in [3.8, 4) is 0 Å². The summed E-state index contributed by atoms with van der Waals surface area (Å²) in [5, 5.41) is 0.701. The van der Waals surface area contributed by atoms with Crippen LogP contribution >= 0.6 is 81.4 Å². The molecule has 0 saturated carbocycles. The Kier molecular flexibility index (Phi) is 26.8. The molecule has 0 rings (SSSR count). The van der Waals surface area contributed by atoms with Gasteiger partial charge < -0.3 is 0 Å². The molecular formula is C6H12Cl6O3S3. The molecule has 114 valence electrons. The third-order valence-corrected chi connectivity index (χ3v) is 6.57. The molecule has 0 aromatic heterocycles. The van der Waals surface area contributed by atoms with Gasteiger partial charge in [0.15, 0.2) is 9.84 Å². The summed E-state index contributed by atoms with van der Waals surface area (Å²) in [5.74, 6) is 0. The van der Waals surface area contributed by atoms with Crippen LogP contribution in [0.25, 0.3) is 0 Å². The zero-order valence-corrected chi connectivity index (χ0v) is 15.9. The van der Waals surface area contributed by atoms with E-state index in [-0.39, 0.29) is 10.4 Å². The summed E-state index contributed by atoms with van der Waals surface area (Å²) in [5.41, 5.74) is 0. The molecule has 0 N–H and O–H groups in total. The van der Waals surface area contributed by atoms with Gasteiger partial charge in [-0.05, 0) is 0 Å². The molecule has 0 aliphatic rings. The minimum Gasteiger partial charge on any atom is -0.257 e. The largest absolute Gasteiger partial charge is 0.257 e. The highest BCUT2D eigenvalue weighted by Crippen LogP contribution is 2.02. The van der Waals surface area contributed by atoms with Crippen molar-refractivity contribution in [2.24, 2.45) is 0 Å². The van der Waals surface area contributed by atoms with Crippen LogP contribution in [-0.2, 0) is 20.6 Å². The Balaban J connectivity index is -0.000000190. The van der Waals surface area contributed by atoms with Gasteiger partial charge in [-0.15, -0.1) is 81.4 Å². The van der Waals surface area contributed by atoms with Gasteiger partial charge in [0.05, 0.1) is 31.6 Å². The van der Waals surface area contributed by atoms with Gasteiger partial charge in [-0.3, -0.25) is 4.21 Å². The second-order valence-corrected chi connectivity index (χ2v) is 10.1. The predicted molar refractivity (Wildman–Crippen MR) is 89.0 cm³/mol. The minimum atomic E-state index is -3.13. The molecule has 18 heavy (non-hydrogen) atoms. The molecule has 0 radical (unpaired) electrons. The Bertz CT molecular complexity index is 256. The highest BCUT2D eigenvalue weighted by atomic mass is 35.5. The SMILES string of the molecule is ClCSCCl.O=S(=O)(CCl)CCl.O=S(CCl)CCl. The normalized spacial score (nSPS) is 10.2. The topological polar surface area (TPSA) is 51.2 Å². The first kappa shape index (κ1) is 25.2. The van der Waals surface area contributed by atoms with E-state index in [4.69, 9.17) is 69.6 Å². The Labute approximate surface area is 145 Å². The van der Waals surface area contributed by atoms with Gasteiger partial charge in [-0.1, -0.05) is 0 Å². The molecule has 0 aliphatic heterocycles. The molecule has 0 bridgehead atoms. The standard InChI is InChI=1S/C2H4Cl2O2S.C2H4Cl2OS.C2H4Cl2S/c3-1-7(5,6)2-4;3-1-6(5)2-4;3-1-5-2-4/h1-2H2;1-2H2;1-2H2. The number of hydrogen-bond donors (Lipinski definition) is 0. The number of halogens is 6. The van der Waals surface area contributed by atoms with Gasteiger partial charge in [0.25, 0.3) is 0 Å². The number of thioether (sulfide) groups is 1. The molecule has 0 aromatic carbocycles. The van der Waals surface area contributed by atoms with E-state index >= 15 is 0 Å². The fourth-order valence-corrected chi connectivity index (χ4v) is 2.36. The molecule has 0 saturated heterocycles. The molecule has 0 aliphatic carbocycles. The van der Waals surface area contributed by atoms with Crippen LogP contribution in [0.3, 0.4) is 0 Å². The summed E-state index contributed by atoms with van der Waals surface area (Å²) in [7, 11) is -4.13. The van der Waals surface area contributed by atoms with Crippen LogP contribution in [0.4, 0.5) is 0 Å². The zero-order chi connectivity index (χ0) is 15.0. The highest BCUT2D eigenvalue weighted by Gasteiger charge is 2.03. The maximum atomic E-state index is 10.1. The second kappa shape index (κ2) is 19.2. The summed E-state index contributed by atoms with van der Waals surface area (Å²) in [6.45, 7) is 0. The van der Waals surface area contributed by atoms with Gasteiger partial charge in [-0.25, -0.2) is 8.42 Å². The van der Waals surface area contributed by atoms with Crippen LogP contribution in [0, 0.1) is 0 Å². The van der Waals surface area contributed by atoms with Crippen molar-refractivity contribution in [1.82, 2.24) is 0 Å². The van der Waals surface area contributed by atoms with E-state index in [2.05, 4.69) is 0 Å². The lowest BCUT2D eigenvalue weighted by atomic mass is 11.9. The summed E-state index contributed by atoms with van der Waals surface area (Å²) in [6, 6.07) is 0. The van der Waals surface area contributed by atoms with Crippen LogP contribution in [0.1, 0.15) is 0 Å². The molecule has 3 nitrogen and oxygen atoms in total. The van der Waals surface area contributed by atoms with Crippen molar-refractivity contribution in [1.29, 1.82) is 0 Å². The average Bonchev–Trinajstić information content (AvgIpc) is 2.40. The second-order valence-electron chi connectivity index (χ2n) is 2.04. The van der Waals surface area contributed by atoms with Gasteiger partial charge in [0.1, 0.15) is 10.4 Å².